The quantitative estimate of drug-likeness (QED) is 0.712. The maximum Gasteiger partial charge on any atom is 0.234 e. The molecule has 2 amide bonds. The minimum atomic E-state index is -0.274. The van der Waals surface area contributed by atoms with E-state index in [2.05, 4.69) is 10.3 Å². The van der Waals surface area contributed by atoms with Crippen LogP contribution in [0.25, 0.3) is 5.52 Å². The minimum absolute atomic E-state index is 0.203. The van der Waals surface area contributed by atoms with Crippen LogP contribution in [0.4, 0.5) is 5.95 Å². The van der Waals surface area contributed by atoms with Crippen LogP contribution in [0.5, 0.6) is 0 Å². The summed E-state index contributed by atoms with van der Waals surface area (Å²) in [4.78, 5) is 26.9. The number of pyridine rings is 1. The summed E-state index contributed by atoms with van der Waals surface area (Å²) in [6.07, 6.45) is 4.37. The van der Waals surface area contributed by atoms with E-state index in [4.69, 9.17) is 5.73 Å². The van der Waals surface area contributed by atoms with Gasteiger partial charge in [0.2, 0.25) is 17.8 Å². The van der Waals surface area contributed by atoms with E-state index < -0.39 is 0 Å². The van der Waals surface area contributed by atoms with Gasteiger partial charge in [0.05, 0.1) is 17.6 Å². The van der Waals surface area contributed by atoms with Crippen molar-refractivity contribution in [3.8, 4) is 0 Å². The molecule has 2 aromatic heterocycles. The molecule has 3 N–H and O–H groups in total. The normalized spacial score (nSPS) is 20.1. The monoisotopic (exact) mass is 244 g/mol. The zero-order chi connectivity index (χ0) is 12.7. The number of amides is 2. The van der Waals surface area contributed by atoms with Crippen molar-refractivity contribution in [1.82, 2.24) is 14.7 Å². The summed E-state index contributed by atoms with van der Waals surface area (Å²) in [5, 5.41) is 2.36. The van der Waals surface area contributed by atoms with Crippen LogP contribution in [0.1, 0.15) is 24.3 Å². The van der Waals surface area contributed by atoms with Crippen LogP contribution in [0.3, 0.4) is 0 Å². The third kappa shape index (κ3) is 1.62. The fourth-order valence-corrected chi connectivity index (χ4v) is 2.27. The lowest BCUT2D eigenvalue weighted by Crippen LogP contribution is -2.39. The van der Waals surface area contributed by atoms with Crippen molar-refractivity contribution in [1.29, 1.82) is 0 Å². The van der Waals surface area contributed by atoms with Gasteiger partial charge in [-0.15, -0.1) is 0 Å². The Morgan fingerprint density at radius 3 is 3.06 bits per heavy atom. The number of hydrogen-bond acceptors (Lipinski definition) is 4. The van der Waals surface area contributed by atoms with Crippen molar-refractivity contribution >= 4 is 23.3 Å². The molecule has 0 saturated carbocycles. The number of hydrogen-bond donors (Lipinski definition) is 2. The maximum absolute atomic E-state index is 11.8. The molecule has 1 atom stereocenters. The minimum Gasteiger partial charge on any atom is -0.369 e. The van der Waals surface area contributed by atoms with Crippen molar-refractivity contribution < 1.29 is 9.59 Å². The molecule has 0 spiro atoms. The highest BCUT2D eigenvalue weighted by Crippen LogP contribution is 2.26. The topological polar surface area (TPSA) is 89.5 Å². The molecular formula is C12H12N4O2. The molecule has 0 aromatic carbocycles. The highest BCUT2D eigenvalue weighted by Gasteiger charge is 2.28. The van der Waals surface area contributed by atoms with Gasteiger partial charge in [0.15, 0.2) is 0 Å². The third-order valence-electron chi connectivity index (χ3n) is 3.23. The lowest BCUT2D eigenvalue weighted by molar-refractivity contribution is -0.134. The Labute approximate surface area is 103 Å². The Morgan fingerprint density at radius 1 is 1.44 bits per heavy atom. The molecule has 3 heterocycles. The first-order valence-corrected chi connectivity index (χ1v) is 5.71. The van der Waals surface area contributed by atoms with Gasteiger partial charge in [0.1, 0.15) is 0 Å². The van der Waals surface area contributed by atoms with Crippen molar-refractivity contribution in [2.24, 2.45) is 0 Å². The number of aromatic nitrogens is 2. The molecule has 18 heavy (non-hydrogen) atoms. The Morgan fingerprint density at radius 2 is 2.28 bits per heavy atom. The second kappa shape index (κ2) is 3.83. The molecule has 6 heteroatoms. The number of imidazole rings is 1. The summed E-state index contributed by atoms with van der Waals surface area (Å²) in [5.74, 6) is -0.294. The summed E-state index contributed by atoms with van der Waals surface area (Å²) in [6.45, 7) is 0. The zero-order valence-electron chi connectivity index (χ0n) is 9.59. The first-order valence-electron chi connectivity index (χ1n) is 5.71. The summed E-state index contributed by atoms with van der Waals surface area (Å²) >= 11 is 0. The van der Waals surface area contributed by atoms with Gasteiger partial charge in [-0.1, -0.05) is 0 Å². The summed E-state index contributed by atoms with van der Waals surface area (Å²) < 4.78 is 1.75. The lowest BCUT2D eigenvalue weighted by atomic mass is 9.91. The van der Waals surface area contributed by atoms with Gasteiger partial charge in [-0.3, -0.25) is 19.3 Å². The van der Waals surface area contributed by atoms with Crippen LogP contribution in [0, 0.1) is 0 Å². The molecule has 1 aliphatic heterocycles. The van der Waals surface area contributed by atoms with E-state index in [0.717, 1.165) is 11.1 Å². The first kappa shape index (κ1) is 10.8. The molecule has 0 aliphatic carbocycles. The Balaban J connectivity index is 1.99. The lowest BCUT2D eigenvalue weighted by Gasteiger charge is -2.21. The Hall–Kier alpha value is -2.37. The molecule has 92 valence electrons. The van der Waals surface area contributed by atoms with E-state index in [1.54, 1.807) is 16.8 Å². The molecule has 3 rings (SSSR count). The number of carbonyl (C=O) groups excluding carboxylic acids is 2. The van der Waals surface area contributed by atoms with Gasteiger partial charge in [0.25, 0.3) is 0 Å². The van der Waals surface area contributed by atoms with Crippen molar-refractivity contribution in [2.75, 3.05) is 5.73 Å². The number of nitrogens with zero attached hydrogens (tertiary/aromatic N) is 2. The number of piperidine rings is 1. The number of nitrogen functional groups attached to an aromatic ring is 1. The molecule has 1 aliphatic rings. The molecular weight excluding hydrogens is 232 g/mol. The van der Waals surface area contributed by atoms with Crippen molar-refractivity contribution in [3.63, 3.8) is 0 Å². The summed E-state index contributed by atoms with van der Waals surface area (Å²) in [5.41, 5.74) is 7.40. The summed E-state index contributed by atoms with van der Waals surface area (Å²) in [7, 11) is 0. The number of carbonyl (C=O) groups is 2. The van der Waals surface area contributed by atoms with Crippen molar-refractivity contribution in [3.05, 3.63) is 30.1 Å². The maximum atomic E-state index is 11.8. The molecule has 1 saturated heterocycles. The van der Waals surface area contributed by atoms with E-state index in [9.17, 15) is 9.59 Å². The number of imide groups is 1. The largest absolute Gasteiger partial charge is 0.369 e. The molecule has 0 radical (unpaired) electrons. The van der Waals surface area contributed by atoms with Crippen LogP contribution in [0.15, 0.2) is 24.5 Å². The van der Waals surface area contributed by atoms with Crippen molar-refractivity contribution in [2.45, 2.75) is 18.8 Å². The highest BCUT2D eigenvalue weighted by atomic mass is 16.2. The standard InChI is InChI=1S/C12H12N4O2/c13-12-14-6-8-5-7(3-4-16(8)12)9-1-2-10(17)15-11(9)18/h3-6,9H,1-2H2,(H2,13,14)(H,15,17,18). The van der Waals surface area contributed by atoms with Crippen LogP contribution < -0.4 is 11.1 Å². The average Bonchev–Trinajstić information content (AvgIpc) is 2.71. The molecule has 1 fully saturated rings. The van der Waals surface area contributed by atoms with Crippen LogP contribution in [-0.2, 0) is 9.59 Å². The smallest absolute Gasteiger partial charge is 0.234 e. The predicted molar refractivity (Wildman–Crippen MR) is 64.7 cm³/mol. The third-order valence-corrected chi connectivity index (χ3v) is 3.23. The Kier molecular flexibility index (Phi) is 2.29. The number of anilines is 1. The van der Waals surface area contributed by atoms with Gasteiger partial charge in [0, 0.05) is 12.6 Å². The van der Waals surface area contributed by atoms with Crippen LogP contribution in [-0.4, -0.2) is 21.2 Å². The number of rotatable bonds is 1. The molecule has 2 aromatic rings. The van der Waals surface area contributed by atoms with E-state index in [1.165, 1.54) is 0 Å². The van der Waals surface area contributed by atoms with Gasteiger partial charge < -0.3 is 5.73 Å². The number of fused-ring (bicyclic) bond motifs is 1. The summed E-state index contributed by atoms with van der Waals surface area (Å²) in [6, 6.07) is 3.72. The van der Waals surface area contributed by atoms with E-state index in [1.807, 2.05) is 12.1 Å². The second-order valence-corrected chi connectivity index (χ2v) is 4.38. The van der Waals surface area contributed by atoms with E-state index in [0.29, 0.717) is 18.8 Å². The molecule has 6 nitrogen and oxygen atoms in total. The second-order valence-electron chi connectivity index (χ2n) is 4.38. The fraction of sp³-hybridized carbons (Fsp3) is 0.250. The molecule has 1 unspecified atom stereocenters. The van der Waals surface area contributed by atoms with Crippen LogP contribution >= 0.6 is 0 Å². The van der Waals surface area contributed by atoms with Gasteiger partial charge in [-0.05, 0) is 24.1 Å². The number of nitrogens with two attached hydrogens (primary N) is 1. The fourth-order valence-electron chi connectivity index (χ4n) is 2.27. The highest BCUT2D eigenvalue weighted by molar-refractivity contribution is 6.01. The first-order chi connectivity index (χ1) is 8.65. The predicted octanol–water partition coefficient (Wildman–Crippen LogP) is 0.437. The SMILES string of the molecule is Nc1ncc2cc(C3CCC(=O)NC3=O)ccn12. The zero-order valence-corrected chi connectivity index (χ0v) is 9.59. The Bertz CT molecular complexity index is 647. The van der Waals surface area contributed by atoms with E-state index in [-0.39, 0.29) is 17.7 Å². The van der Waals surface area contributed by atoms with Gasteiger partial charge in [-0.25, -0.2) is 4.98 Å². The average molecular weight is 244 g/mol. The molecule has 0 bridgehead atoms. The van der Waals surface area contributed by atoms with Gasteiger partial charge >= 0.3 is 0 Å². The van der Waals surface area contributed by atoms with Gasteiger partial charge in [-0.2, -0.15) is 0 Å². The van der Waals surface area contributed by atoms with E-state index >= 15 is 0 Å². The van der Waals surface area contributed by atoms with Crippen LogP contribution in [0.2, 0.25) is 0 Å². The number of nitrogens with one attached hydrogen (secondary N) is 1.